The van der Waals surface area contributed by atoms with Gasteiger partial charge < -0.3 is 25.4 Å². The summed E-state index contributed by atoms with van der Waals surface area (Å²) in [4.78, 5) is 40.4. The molecule has 2 aliphatic rings. The molecule has 0 aromatic heterocycles. The number of carbonyl (C=O) groups excluding carboxylic acids is 3. The lowest BCUT2D eigenvalue weighted by Gasteiger charge is -2.27. The zero-order valence-corrected chi connectivity index (χ0v) is 28.8. The molecule has 0 aliphatic carbocycles. The summed E-state index contributed by atoms with van der Waals surface area (Å²) in [6.07, 6.45) is 0.786. The van der Waals surface area contributed by atoms with Gasteiger partial charge in [0.1, 0.15) is 21.8 Å². The molecule has 1 saturated heterocycles. The van der Waals surface area contributed by atoms with Gasteiger partial charge in [-0.25, -0.2) is 12.7 Å². The molecule has 2 heterocycles. The van der Waals surface area contributed by atoms with Crippen LogP contribution in [0.2, 0.25) is 5.02 Å². The number of fused-ring (bicyclic) bond motifs is 1. The van der Waals surface area contributed by atoms with Crippen LogP contribution in [0.3, 0.4) is 0 Å². The summed E-state index contributed by atoms with van der Waals surface area (Å²) in [5.41, 5.74) is -1.02. The predicted octanol–water partition coefficient (Wildman–Crippen LogP) is 4.41. The van der Waals surface area contributed by atoms with Crippen LogP contribution in [0.5, 0.6) is 11.5 Å². The van der Waals surface area contributed by atoms with Crippen molar-refractivity contribution in [3.8, 4) is 11.5 Å². The van der Waals surface area contributed by atoms with Gasteiger partial charge in [0.25, 0.3) is 27.7 Å². The van der Waals surface area contributed by atoms with E-state index >= 15 is 0 Å². The number of rotatable bonds is 9. The Morgan fingerprint density at radius 2 is 1.74 bits per heavy atom. The Kier molecular flexibility index (Phi) is 9.33. The topological polar surface area (TPSA) is 143 Å². The lowest BCUT2D eigenvalue weighted by atomic mass is 9.76. The Morgan fingerprint density at radius 3 is 2.38 bits per heavy atom. The van der Waals surface area contributed by atoms with E-state index in [1.54, 1.807) is 25.1 Å². The van der Waals surface area contributed by atoms with Crippen LogP contribution in [-0.4, -0.2) is 64.5 Å². The summed E-state index contributed by atoms with van der Waals surface area (Å²) in [6.45, 7) is 10.7. The van der Waals surface area contributed by atoms with E-state index in [1.165, 1.54) is 43.5 Å². The average molecular weight is 683 g/mol. The van der Waals surface area contributed by atoms with Crippen LogP contribution in [0.1, 0.15) is 72.9 Å². The quantitative estimate of drug-likeness (QED) is 0.301. The summed E-state index contributed by atoms with van der Waals surface area (Å²) >= 11 is 6.74. The van der Waals surface area contributed by atoms with Gasteiger partial charge in [-0.1, -0.05) is 11.6 Å². The maximum Gasteiger partial charge on any atom is 0.274 e. The number of methoxy groups -OCH3 is 1. The number of hydrogen-bond acceptors (Lipinski definition) is 8. The molecule has 2 unspecified atom stereocenters. The van der Waals surface area contributed by atoms with E-state index in [2.05, 4.69) is 16.0 Å². The molecule has 0 saturated carbocycles. The third kappa shape index (κ3) is 6.41. The smallest absolute Gasteiger partial charge is 0.274 e. The molecule has 5 rings (SSSR count). The molecule has 47 heavy (non-hydrogen) atoms. The summed E-state index contributed by atoms with van der Waals surface area (Å²) in [5, 5.41) is 9.22. The van der Waals surface area contributed by atoms with Crippen molar-refractivity contribution in [1.82, 2.24) is 16.0 Å². The largest absolute Gasteiger partial charge is 0.495 e. The van der Waals surface area contributed by atoms with Gasteiger partial charge in [-0.05, 0) is 108 Å². The number of sulfonamides is 1. The van der Waals surface area contributed by atoms with Gasteiger partial charge in [0.15, 0.2) is 0 Å². The first-order valence-electron chi connectivity index (χ1n) is 15.3. The van der Waals surface area contributed by atoms with Gasteiger partial charge in [0, 0.05) is 39.8 Å². The highest BCUT2D eigenvalue weighted by atomic mass is 35.5. The van der Waals surface area contributed by atoms with Crippen molar-refractivity contribution >= 4 is 45.0 Å². The number of nitrogens with one attached hydrogen (secondary N) is 3. The minimum atomic E-state index is -4.62. The molecule has 13 heteroatoms. The Balaban J connectivity index is 1.63. The number of carbonyl (C=O) groups is 3. The number of nitrogens with zero attached hydrogens (tertiary/aromatic N) is 1. The normalized spacial score (nSPS) is 19.3. The number of ether oxygens (including phenoxy) is 2. The van der Waals surface area contributed by atoms with Crippen LogP contribution >= 0.6 is 11.6 Å². The van der Waals surface area contributed by atoms with E-state index < -0.39 is 32.8 Å². The van der Waals surface area contributed by atoms with Crippen molar-refractivity contribution in [1.29, 1.82) is 0 Å². The van der Waals surface area contributed by atoms with Crippen molar-refractivity contribution in [2.24, 2.45) is 0 Å². The lowest BCUT2D eigenvalue weighted by Crippen LogP contribution is -2.43. The second kappa shape index (κ2) is 12.8. The van der Waals surface area contributed by atoms with Crippen LogP contribution in [0.15, 0.2) is 59.5 Å². The minimum absolute atomic E-state index is 0.0404. The molecule has 3 N–H and O–H groups in total. The Morgan fingerprint density at radius 1 is 1.04 bits per heavy atom. The fourth-order valence-corrected chi connectivity index (χ4v) is 7.86. The molecule has 2 aliphatic heterocycles. The van der Waals surface area contributed by atoms with Gasteiger partial charge in [0.05, 0.1) is 19.4 Å². The summed E-state index contributed by atoms with van der Waals surface area (Å²) in [7, 11) is -3.34. The maximum absolute atomic E-state index is 14.7. The number of amides is 3. The van der Waals surface area contributed by atoms with Gasteiger partial charge in [-0.15, -0.1) is 0 Å². The Bertz CT molecular complexity index is 1850. The van der Waals surface area contributed by atoms with E-state index in [4.69, 9.17) is 21.1 Å². The SMILES string of the molecule is CCOc1ccc2c(c1)C(C)(c1cc(C(=O)NC3CCNC3)ccc1Cl)C(=O)N2S(=O)(=O)c1ccc(C(=O)NC(C)(C)C)cc1OC. The van der Waals surface area contributed by atoms with Gasteiger partial charge >= 0.3 is 0 Å². The monoisotopic (exact) mass is 682 g/mol. The molecule has 0 radical (unpaired) electrons. The number of hydrogen-bond donors (Lipinski definition) is 3. The molecule has 3 amide bonds. The number of anilines is 1. The molecule has 3 aromatic rings. The molecular weight excluding hydrogens is 644 g/mol. The number of benzene rings is 3. The third-order valence-corrected chi connectivity index (χ3v) is 10.3. The van der Waals surface area contributed by atoms with Gasteiger partial charge in [0.2, 0.25) is 0 Å². The summed E-state index contributed by atoms with van der Waals surface area (Å²) in [6, 6.07) is 13.3. The Hall–Kier alpha value is -4.13. The molecular formula is C34H39ClN4O7S. The highest BCUT2D eigenvalue weighted by Crippen LogP contribution is 2.51. The molecule has 2 atom stereocenters. The fourth-order valence-electron chi connectivity index (χ4n) is 5.91. The van der Waals surface area contributed by atoms with E-state index in [1.807, 2.05) is 27.7 Å². The fraction of sp³-hybridized carbons (Fsp3) is 0.382. The van der Waals surface area contributed by atoms with Crippen LogP contribution in [0.25, 0.3) is 0 Å². The van der Waals surface area contributed by atoms with Crippen LogP contribution in [0.4, 0.5) is 5.69 Å². The van der Waals surface area contributed by atoms with E-state index in [0.29, 0.717) is 24.5 Å². The summed E-state index contributed by atoms with van der Waals surface area (Å²) in [5.74, 6) is -1.24. The first kappa shape index (κ1) is 34.2. The second-order valence-corrected chi connectivity index (χ2v) is 14.9. The zero-order valence-electron chi connectivity index (χ0n) is 27.2. The molecule has 11 nitrogen and oxygen atoms in total. The molecule has 1 fully saturated rings. The van der Waals surface area contributed by atoms with Crippen molar-refractivity contribution in [2.45, 2.75) is 62.9 Å². The highest BCUT2D eigenvalue weighted by Gasteiger charge is 2.54. The third-order valence-electron chi connectivity index (χ3n) is 8.24. The van der Waals surface area contributed by atoms with E-state index in [9.17, 15) is 22.8 Å². The minimum Gasteiger partial charge on any atom is -0.495 e. The van der Waals surface area contributed by atoms with Crippen LogP contribution in [-0.2, 0) is 20.2 Å². The first-order chi connectivity index (χ1) is 22.1. The van der Waals surface area contributed by atoms with E-state index in [-0.39, 0.29) is 50.0 Å². The lowest BCUT2D eigenvalue weighted by molar-refractivity contribution is -0.120. The predicted molar refractivity (Wildman–Crippen MR) is 179 cm³/mol. The van der Waals surface area contributed by atoms with Crippen molar-refractivity contribution in [3.63, 3.8) is 0 Å². The van der Waals surface area contributed by atoms with Crippen molar-refractivity contribution in [3.05, 3.63) is 81.9 Å². The van der Waals surface area contributed by atoms with Crippen LogP contribution in [0, 0.1) is 0 Å². The standard InChI is InChI=1S/C34H39ClN4O7S/c1-7-46-23-10-12-27-25(18-23)34(5,24-16-20(8-11-26(24)35)30(40)37-22-14-15-36-19-22)32(42)39(27)47(43,44)29-13-9-21(17-28(29)45-6)31(41)38-33(2,3)4/h8-13,16-18,22,36H,7,14-15,19H2,1-6H3,(H,37,40)(H,38,41). The van der Waals surface area contributed by atoms with Crippen molar-refractivity contribution in [2.75, 3.05) is 31.1 Å². The van der Waals surface area contributed by atoms with Gasteiger partial charge in [-0.2, -0.15) is 0 Å². The zero-order chi connectivity index (χ0) is 34.3. The maximum atomic E-state index is 14.7. The van der Waals surface area contributed by atoms with Gasteiger partial charge in [-0.3, -0.25) is 14.4 Å². The Labute approximate surface area is 280 Å². The van der Waals surface area contributed by atoms with Crippen LogP contribution < -0.4 is 29.7 Å². The second-order valence-electron chi connectivity index (χ2n) is 12.7. The molecule has 0 bridgehead atoms. The highest BCUT2D eigenvalue weighted by molar-refractivity contribution is 7.93. The molecule has 3 aromatic carbocycles. The molecule has 250 valence electrons. The summed E-state index contributed by atoms with van der Waals surface area (Å²) < 4.78 is 40.9. The average Bonchev–Trinajstić information content (AvgIpc) is 3.60. The number of halogens is 1. The van der Waals surface area contributed by atoms with E-state index in [0.717, 1.165) is 17.3 Å². The van der Waals surface area contributed by atoms with Crippen molar-refractivity contribution < 1.29 is 32.3 Å². The first-order valence-corrected chi connectivity index (χ1v) is 17.1. The molecule has 0 spiro atoms.